The Kier molecular flexibility index (Phi) is 5.88. The monoisotopic (exact) mass is 386 g/mol. The molecule has 144 valence electrons. The fraction of sp³-hybridized carbons (Fsp3) is 0.150. The van der Waals surface area contributed by atoms with E-state index in [1.54, 1.807) is 25.1 Å². The second-order valence-corrected chi connectivity index (χ2v) is 6.06. The van der Waals surface area contributed by atoms with Gasteiger partial charge in [0, 0.05) is 18.3 Å². The van der Waals surface area contributed by atoms with Crippen LogP contribution in [0, 0.1) is 24.4 Å². The molecule has 0 aliphatic carbocycles. The maximum atomic E-state index is 13.8. The summed E-state index contributed by atoms with van der Waals surface area (Å²) in [6.45, 7) is 1.88. The van der Waals surface area contributed by atoms with Crippen LogP contribution < -0.4 is 10.6 Å². The van der Waals surface area contributed by atoms with Crippen LogP contribution in [0.1, 0.15) is 21.7 Å². The highest BCUT2D eigenvalue weighted by molar-refractivity contribution is 5.92. The molecule has 0 radical (unpaired) electrons. The van der Waals surface area contributed by atoms with Crippen LogP contribution in [0.25, 0.3) is 0 Å². The largest absolute Gasteiger partial charge is 0.350 e. The van der Waals surface area contributed by atoms with Gasteiger partial charge in [0.05, 0.1) is 5.69 Å². The first-order valence-corrected chi connectivity index (χ1v) is 8.52. The van der Waals surface area contributed by atoms with Crippen molar-refractivity contribution in [2.45, 2.75) is 13.3 Å². The van der Waals surface area contributed by atoms with E-state index in [9.17, 15) is 18.0 Å². The number of halogens is 3. The molecule has 2 N–H and O–H groups in total. The number of hydrogen-bond donors (Lipinski definition) is 2. The third-order valence-electron chi connectivity index (χ3n) is 3.90. The molecule has 0 bridgehead atoms. The van der Waals surface area contributed by atoms with Gasteiger partial charge >= 0.3 is 0 Å². The number of nitrogens with zero attached hydrogens (tertiary/aromatic N) is 2. The van der Waals surface area contributed by atoms with E-state index in [-0.39, 0.29) is 29.7 Å². The SMILES string of the molecule is Cc1cc(C(=O)NCCc2ccccc2F)nc(Nc2ccc(F)cc2F)n1. The zero-order valence-corrected chi connectivity index (χ0v) is 15.0. The summed E-state index contributed by atoms with van der Waals surface area (Å²) in [5.74, 6) is -2.30. The van der Waals surface area contributed by atoms with Crippen LogP contribution in [0.3, 0.4) is 0 Å². The van der Waals surface area contributed by atoms with Crippen molar-refractivity contribution in [3.8, 4) is 0 Å². The number of rotatable bonds is 6. The molecular weight excluding hydrogens is 369 g/mol. The molecule has 3 aromatic rings. The normalized spacial score (nSPS) is 10.6. The van der Waals surface area contributed by atoms with Crippen molar-refractivity contribution >= 4 is 17.5 Å². The number of benzene rings is 2. The Hall–Kier alpha value is -3.42. The van der Waals surface area contributed by atoms with Crippen molar-refractivity contribution in [2.75, 3.05) is 11.9 Å². The van der Waals surface area contributed by atoms with E-state index < -0.39 is 17.5 Å². The van der Waals surface area contributed by atoms with Crippen LogP contribution in [0.15, 0.2) is 48.5 Å². The van der Waals surface area contributed by atoms with E-state index >= 15 is 0 Å². The van der Waals surface area contributed by atoms with Gasteiger partial charge in [-0.15, -0.1) is 0 Å². The van der Waals surface area contributed by atoms with Gasteiger partial charge in [0.1, 0.15) is 23.1 Å². The first-order chi connectivity index (χ1) is 13.4. The summed E-state index contributed by atoms with van der Waals surface area (Å²) in [5, 5.41) is 5.30. The fourth-order valence-electron chi connectivity index (χ4n) is 2.55. The maximum Gasteiger partial charge on any atom is 0.270 e. The van der Waals surface area contributed by atoms with Crippen LogP contribution in [-0.2, 0) is 6.42 Å². The number of aryl methyl sites for hydroxylation is 1. The van der Waals surface area contributed by atoms with Gasteiger partial charge in [0.25, 0.3) is 5.91 Å². The number of anilines is 2. The predicted molar refractivity (Wildman–Crippen MR) is 98.8 cm³/mol. The Morgan fingerprint density at radius 1 is 1.00 bits per heavy atom. The molecule has 1 amide bonds. The maximum absolute atomic E-state index is 13.8. The highest BCUT2D eigenvalue weighted by Gasteiger charge is 2.12. The van der Waals surface area contributed by atoms with Crippen LogP contribution in [0.2, 0.25) is 0 Å². The summed E-state index contributed by atoms with van der Waals surface area (Å²) in [7, 11) is 0. The van der Waals surface area contributed by atoms with Gasteiger partial charge in [0.2, 0.25) is 5.95 Å². The average molecular weight is 386 g/mol. The van der Waals surface area contributed by atoms with Crippen molar-refractivity contribution in [1.29, 1.82) is 0 Å². The molecular formula is C20H17F3N4O. The van der Waals surface area contributed by atoms with E-state index in [2.05, 4.69) is 20.6 Å². The van der Waals surface area contributed by atoms with Crippen LogP contribution in [0.4, 0.5) is 24.8 Å². The number of nitrogens with one attached hydrogen (secondary N) is 2. The van der Waals surface area contributed by atoms with Gasteiger partial charge < -0.3 is 10.6 Å². The number of aromatic nitrogens is 2. The Morgan fingerprint density at radius 2 is 1.79 bits per heavy atom. The molecule has 5 nitrogen and oxygen atoms in total. The zero-order chi connectivity index (χ0) is 20.1. The minimum absolute atomic E-state index is 0.00441. The Labute approximate surface area is 159 Å². The van der Waals surface area contributed by atoms with Gasteiger partial charge in [-0.25, -0.2) is 23.1 Å². The Morgan fingerprint density at radius 3 is 2.54 bits per heavy atom. The standard InChI is InChI=1S/C20H17F3N4O/c1-12-10-18(19(28)24-9-8-13-4-2-3-5-15(13)22)27-20(25-12)26-17-7-6-14(21)11-16(17)23/h2-7,10-11H,8-9H2,1H3,(H,24,28)(H,25,26,27). The van der Waals surface area contributed by atoms with Gasteiger partial charge in [-0.1, -0.05) is 18.2 Å². The smallest absolute Gasteiger partial charge is 0.270 e. The summed E-state index contributed by atoms with van der Waals surface area (Å²) < 4.78 is 40.4. The fourth-order valence-corrected chi connectivity index (χ4v) is 2.55. The molecule has 0 atom stereocenters. The molecule has 28 heavy (non-hydrogen) atoms. The van der Waals surface area contributed by atoms with Gasteiger partial charge in [-0.05, 0) is 43.2 Å². The van der Waals surface area contributed by atoms with E-state index in [0.717, 1.165) is 12.1 Å². The number of amides is 1. The van der Waals surface area contributed by atoms with E-state index in [1.807, 2.05) is 0 Å². The van der Waals surface area contributed by atoms with Crippen LogP contribution >= 0.6 is 0 Å². The lowest BCUT2D eigenvalue weighted by Gasteiger charge is -2.10. The lowest BCUT2D eigenvalue weighted by molar-refractivity contribution is 0.0949. The molecule has 0 aliphatic heterocycles. The van der Waals surface area contributed by atoms with E-state index in [0.29, 0.717) is 17.7 Å². The molecule has 0 unspecified atom stereocenters. The molecule has 3 rings (SSSR count). The second kappa shape index (κ2) is 8.51. The third kappa shape index (κ3) is 4.85. The summed E-state index contributed by atoms with van der Waals surface area (Å²) in [5.41, 5.74) is 1.04. The molecule has 1 aromatic heterocycles. The summed E-state index contributed by atoms with van der Waals surface area (Å²) >= 11 is 0. The average Bonchev–Trinajstić information content (AvgIpc) is 2.65. The van der Waals surface area contributed by atoms with Crippen LogP contribution in [0.5, 0.6) is 0 Å². The van der Waals surface area contributed by atoms with Crippen molar-refractivity contribution in [3.05, 3.63) is 82.9 Å². The summed E-state index contributed by atoms with van der Waals surface area (Å²) in [6.07, 6.45) is 0.328. The quantitative estimate of drug-likeness (QED) is 0.674. The van der Waals surface area contributed by atoms with Gasteiger partial charge in [-0.3, -0.25) is 4.79 Å². The molecule has 0 aliphatic rings. The van der Waals surface area contributed by atoms with Crippen molar-refractivity contribution in [1.82, 2.24) is 15.3 Å². The van der Waals surface area contributed by atoms with E-state index in [1.165, 1.54) is 18.2 Å². The summed E-state index contributed by atoms with van der Waals surface area (Å²) in [4.78, 5) is 20.5. The Bertz CT molecular complexity index is 1010. The van der Waals surface area contributed by atoms with Crippen molar-refractivity contribution in [2.24, 2.45) is 0 Å². The molecule has 8 heteroatoms. The number of carbonyl (C=O) groups excluding carboxylic acids is 1. The minimum Gasteiger partial charge on any atom is -0.350 e. The minimum atomic E-state index is -0.805. The number of carbonyl (C=O) groups is 1. The molecule has 0 saturated carbocycles. The first-order valence-electron chi connectivity index (χ1n) is 8.52. The molecule has 1 heterocycles. The topological polar surface area (TPSA) is 66.9 Å². The summed E-state index contributed by atoms with van der Waals surface area (Å²) in [6, 6.07) is 10.8. The van der Waals surface area contributed by atoms with Gasteiger partial charge in [0.15, 0.2) is 0 Å². The highest BCUT2D eigenvalue weighted by atomic mass is 19.1. The van der Waals surface area contributed by atoms with Crippen molar-refractivity contribution in [3.63, 3.8) is 0 Å². The van der Waals surface area contributed by atoms with E-state index in [4.69, 9.17) is 0 Å². The molecule has 2 aromatic carbocycles. The van der Waals surface area contributed by atoms with Gasteiger partial charge in [-0.2, -0.15) is 0 Å². The predicted octanol–water partition coefficient (Wildman–Crippen LogP) is 3.92. The highest BCUT2D eigenvalue weighted by Crippen LogP contribution is 2.19. The second-order valence-electron chi connectivity index (χ2n) is 6.06. The van der Waals surface area contributed by atoms with Crippen LogP contribution in [-0.4, -0.2) is 22.4 Å². The molecule has 0 saturated heterocycles. The third-order valence-corrected chi connectivity index (χ3v) is 3.90. The lowest BCUT2D eigenvalue weighted by atomic mass is 10.1. The Balaban J connectivity index is 1.68. The van der Waals surface area contributed by atoms with Crippen molar-refractivity contribution < 1.29 is 18.0 Å². The molecule has 0 spiro atoms. The molecule has 0 fully saturated rings. The first kappa shape index (κ1) is 19.3. The number of hydrogen-bond acceptors (Lipinski definition) is 4. The lowest BCUT2D eigenvalue weighted by Crippen LogP contribution is -2.27. The zero-order valence-electron chi connectivity index (χ0n) is 15.0.